The zero-order chi connectivity index (χ0) is 13.1. The lowest BCUT2D eigenvalue weighted by Crippen LogP contribution is -2.47. The van der Waals surface area contributed by atoms with Crippen LogP contribution in [0.4, 0.5) is 0 Å². The molecule has 0 fully saturated rings. The number of methoxy groups -OCH3 is 1. The molecule has 4 nitrogen and oxygen atoms in total. The van der Waals surface area contributed by atoms with Crippen molar-refractivity contribution in [3.63, 3.8) is 0 Å². The molecule has 0 heterocycles. The molecule has 0 aromatic heterocycles. The van der Waals surface area contributed by atoms with E-state index < -0.39 is 6.10 Å². The summed E-state index contributed by atoms with van der Waals surface area (Å²) in [6.07, 6.45) is 2.79. The summed E-state index contributed by atoms with van der Waals surface area (Å²) in [7, 11) is 1.64. The van der Waals surface area contributed by atoms with Gasteiger partial charge in [-0.3, -0.25) is 0 Å². The summed E-state index contributed by atoms with van der Waals surface area (Å²) >= 11 is 0. The van der Waals surface area contributed by atoms with E-state index in [2.05, 4.69) is 26.1 Å². The van der Waals surface area contributed by atoms with Crippen molar-refractivity contribution in [1.82, 2.24) is 5.32 Å². The van der Waals surface area contributed by atoms with E-state index in [0.717, 1.165) is 19.3 Å². The van der Waals surface area contributed by atoms with Gasteiger partial charge in [-0.2, -0.15) is 0 Å². The van der Waals surface area contributed by atoms with Crippen LogP contribution in [-0.4, -0.2) is 50.2 Å². The molecule has 0 aromatic rings. The summed E-state index contributed by atoms with van der Waals surface area (Å²) < 4.78 is 10.2. The molecule has 0 aliphatic rings. The highest BCUT2D eigenvalue weighted by atomic mass is 16.5. The van der Waals surface area contributed by atoms with Gasteiger partial charge in [-0.05, 0) is 19.3 Å². The number of hydrogen-bond acceptors (Lipinski definition) is 4. The summed E-state index contributed by atoms with van der Waals surface area (Å²) in [6, 6.07) is 0. The van der Waals surface area contributed by atoms with Crippen LogP contribution in [0.15, 0.2) is 0 Å². The molecular weight excluding hydrogens is 218 g/mol. The van der Waals surface area contributed by atoms with E-state index in [1.165, 1.54) is 0 Å². The van der Waals surface area contributed by atoms with Gasteiger partial charge in [0.15, 0.2) is 0 Å². The second-order valence-electron chi connectivity index (χ2n) is 4.44. The van der Waals surface area contributed by atoms with Crippen LogP contribution in [0.3, 0.4) is 0 Å². The van der Waals surface area contributed by atoms with Crippen molar-refractivity contribution in [2.24, 2.45) is 0 Å². The van der Waals surface area contributed by atoms with Crippen molar-refractivity contribution in [3.8, 4) is 0 Å². The zero-order valence-electron chi connectivity index (χ0n) is 11.8. The third-order valence-electron chi connectivity index (χ3n) is 3.49. The Morgan fingerprint density at radius 2 is 1.71 bits per heavy atom. The van der Waals surface area contributed by atoms with E-state index in [0.29, 0.717) is 26.4 Å². The number of rotatable bonds is 11. The average Bonchev–Trinajstić information content (AvgIpc) is 2.37. The molecule has 0 amide bonds. The smallest absolute Gasteiger partial charge is 0.0897 e. The standard InChI is InChI=1S/C13H29NO3/c1-5-13(6-2,7-3)14-10-12(15)11-17-9-8-16-4/h12,14-15H,5-11H2,1-4H3. The van der Waals surface area contributed by atoms with Crippen LogP contribution >= 0.6 is 0 Å². The molecule has 1 unspecified atom stereocenters. The molecule has 0 saturated heterocycles. The minimum absolute atomic E-state index is 0.160. The molecular formula is C13H29NO3. The van der Waals surface area contributed by atoms with Crippen LogP contribution in [0.25, 0.3) is 0 Å². The fourth-order valence-corrected chi connectivity index (χ4v) is 1.88. The summed E-state index contributed by atoms with van der Waals surface area (Å²) in [5, 5.41) is 13.2. The highest BCUT2D eigenvalue weighted by molar-refractivity contribution is 4.84. The lowest BCUT2D eigenvalue weighted by molar-refractivity contribution is 0.0104. The molecule has 0 rings (SSSR count). The minimum atomic E-state index is -0.448. The Labute approximate surface area is 106 Å². The second-order valence-corrected chi connectivity index (χ2v) is 4.44. The zero-order valence-corrected chi connectivity index (χ0v) is 11.8. The van der Waals surface area contributed by atoms with Crippen LogP contribution in [0, 0.1) is 0 Å². The summed E-state index contributed by atoms with van der Waals surface area (Å²) in [5.41, 5.74) is 0.160. The Morgan fingerprint density at radius 1 is 1.12 bits per heavy atom. The third-order valence-corrected chi connectivity index (χ3v) is 3.49. The summed E-state index contributed by atoms with van der Waals surface area (Å²) in [5.74, 6) is 0. The Morgan fingerprint density at radius 3 is 2.18 bits per heavy atom. The molecule has 0 aromatic carbocycles. The monoisotopic (exact) mass is 247 g/mol. The van der Waals surface area contributed by atoms with Crippen LogP contribution in [-0.2, 0) is 9.47 Å². The van der Waals surface area contributed by atoms with Crippen molar-refractivity contribution in [2.45, 2.75) is 51.7 Å². The highest BCUT2D eigenvalue weighted by Crippen LogP contribution is 2.18. The van der Waals surface area contributed by atoms with E-state index in [9.17, 15) is 5.11 Å². The number of ether oxygens (including phenoxy) is 2. The van der Waals surface area contributed by atoms with E-state index in [-0.39, 0.29) is 5.54 Å². The lowest BCUT2D eigenvalue weighted by Gasteiger charge is -2.33. The van der Waals surface area contributed by atoms with Crippen molar-refractivity contribution < 1.29 is 14.6 Å². The van der Waals surface area contributed by atoms with E-state index in [1.54, 1.807) is 7.11 Å². The topological polar surface area (TPSA) is 50.7 Å². The van der Waals surface area contributed by atoms with Gasteiger partial charge in [0.1, 0.15) is 0 Å². The van der Waals surface area contributed by atoms with Gasteiger partial charge in [-0.15, -0.1) is 0 Å². The van der Waals surface area contributed by atoms with Crippen molar-refractivity contribution in [2.75, 3.05) is 33.5 Å². The summed E-state index contributed by atoms with van der Waals surface area (Å²) in [6.45, 7) is 8.60. The van der Waals surface area contributed by atoms with Crippen molar-refractivity contribution in [3.05, 3.63) is 0 Å². The predicted molar refractivity (Wildman–Crippen MR) is 70.3 cm³/mol. The van der Waals surface area contributed by atoms with Gasteiger partial charge >= 0.3 is 0 Å². The fourth-order valence-electron chi connectivity index (χ4n) is 1.88. The number of aliphatic hydroxyl groups excluding tert-OH is 1. The van der Waals surface area contributed by atoms with Crippen LogP contribution in [0.2, 0.25) is 0 Å². The maximum absolute atomic E-state index is 9.77. The SMILES string of the molecule is CCC(CC)(CC)NCC(O)COCCOC. The Hall–Kier alpha value is -0.160. The molecule has 0 spiro atoms. The van der Waals surface area contributed by atoms with Crippen LogP contribution in [0.1, 0.15) is 40.0 Å². The maximum Gasteiger partial charge on any atom is 0.0897 e. The van der Waals surface area contributed by atoms with E-state index in [4.69, 9.17) is 9.47 Å². The lowest BCUT2D eigenvalue weighted by atomic mass is 9.90. The van der Waals surface area contributed by atoms with Crippen LogP contribution < -0.4 is 5.32 Å². The maximum atomic E-state index is 9.77. The van der Waals surface area contributed by atoms with Gasteiger partial charge < -0.3 is 19.9 Å². The second kappa shape index (κ2) is 9.83. The molecule has 0 aliphatic heterocycles. The summed E-state index contributed by atoms with van der Waals surface area (Å²) in [4.78, 5) is 0. The normalized spacial score (nSPS) is 13.9. The number of β-amino-alcohol motifs (C(OH)–C–C–N with tert-alkyl or cyclic N) is 1. The number of aliphatic hydroxyl groups is 1. The molecule has 17 heavy (non-hydrogen) atoms. The molecule has 4 heteroatoms. The molecule has 104 valence electrons. The van der Waals surface area contributed by atoms with Crippen molar-refractivity contribution in [1.29, 1.82) is 0 Å². The first kappa shape index (κ1) is 16.8. The number of hydrogen-bond donors (Lipinski definition) is 2. The Bertz CT molecular complexity index is 164. The van der Waals surface area contributed by atoms with Crippen molar-refractivity contribution >= 4 is 0 Å². The Balaban J connectivity index is 3.76. The van der Waals surface area contributed by atoms with Gasteiger partial charge in [-0.1, -0.05) is 20.8 Å². The highest BCUT2D eigenvalue weighted by Gasteiger charge is 2.23. The van der Waals surface area contributed by atoms with Gasteiger partial charge in [0, 0.05) is 19.2 Å². The molecule has 0 bridgehead atoms. The Kier molecular flexibility index (Phi) is 9.74. The van der Waals surface area contributed by atoms with Crippen LogP contribution in [0.5, 0.6) is 0 Å². The van der Waals surface area contributed by atoms with Gasteiger partial charge in [0.2, 0.25) is 0 Å². The minimum Gasteiger partial charge on any atom is -0.389 e. The average molecular weight is 247 g/mol. The molecule has 1 atom stereocenters. The first-order valence-corrected chi connectivity index (χ1v) is 6.63. The van der Waals surface area contributed by atoms with Gasteiger partial charge in [0.05, 0.1) is 25.9 Å². The van der Waals surface area contributed by atoms with E-state index >= 15 is 0 Å². The fraction of sp³-hybridized carbons (Fsp3) is 1.00. The molecule has 0 saturated carbocycles. The number of nitrogens with one attached hydrogen (secondary N) is 1. The van der Waals surface area contributed by atoms with Gasteiger partial charge in [-0.25, -0.2) is 0 Å². The first-order chi connectivity index (χ1) is 8.14. The molecule has 2 N–H and O–H groups in total. The molecule has 0 aliphatic carbocycles. The predicted octanol–water partition coefficient (Wildman–Crippen LogP) is 1.57. The van der Waals surface area contributed by atoms with Gasteiger partial charge in [0.25, 0.3) is 0 Å². The third kappa shape index (κ3) is 6.99. The quantitative estimate of drug-likeness (QED) is 0.544. The van der Waals surface area contributed by atoms with E-state index in [1.807, 2.05) is 0 Å². The first-order valence-electron chi connectivity index (χ1n) is 6.63. The molecule has 0 radical (unpaired) electrons. The largest absolute Gasteiger partial charge is 0.389 e.